The van der Waals surface area contributed by atoms with Crippen LogP contribution in [-0.2, 0) is 6.54 Å². The van der Waals surface area contributed by atoms with Crippen LogP contribution in [0.1, 0.15) is 21.7 Å². The van der Waals surface area contributed by atoms with E-state index >= 15 is 0 Å². The fourth-order valence-corrected chi connectivity index (χ4v) is 2.68. The first-order valence-electron chi connectivity index (χ1n) is 7.56. The summed E-state index contributed by atoms with van der Waals surface area (Å²) >= 11 is 1.70. The minimum Gasteiger partial charge on any atom is -0.348 e. The number of H-pyrrole nitrogens is 1. The maximum atomic E-state index is 12.2. The van der Waals surface area contributed by atoms with Crippen molar-refractivity contribution in [3.63, 3.8) is 0 Å². The molecule has 3 rings (SSSR count). The molecule has 6 heteroatoms. The van der Waals surface area contributed by atoms with E-state index in [9.17, 15) is 4.79 Å². The number of hydrogen-bond donors (Lipinski definition) is 2. The van der Waals surface area contributed by atoms with Crippen molar-refractivity contribution in [3.8, 4) is 11.4 Å². The van der Waals surface area contributed by atoms with E-state index in [2.05, 4.69) is 32.6 Å². The van der Waals surface area contributed by atoms with Crippen LogP contribution in [0.2, 0.25) is 0 Å². The predicted octanol–water partition coefficient (Wildman–Crippen LogP) is 3.43. The Balaban J connectivity index is 1.62. The minimum atomic E-state index is -0.0957. The number of hydrogen-bond acceptors (Lipinski definition) is 4. The van der Waals surface area contributed by atoms with E-state index in [0.29, 0.717) is 17.9 Å². The number of amides is 1. The second kappa shape index (κ2) is 7.31. The standard InChI is InChI=1S/C18H18N4OS/c1-12-20-17(22-21-12)14-5-7-15(8-6-14)18(23)19-11-13-3-9-16(24-2)10-4-13/h3-10H,11H2,1-2H3,(H,19,23)(H,20,21,22). The van der Waals surface area contributed by atoms with E-state index in [-0.39, 0.29) is 5.91 Å². The number of aromatic amines is 1. The number of nitrogens with one attached hydrogen (secondary N) is 2. The molecular formula is C18H18N4OS. The van der Waals surface area contributed by atoms with Crippen molar-refractivity contribution in [2.75, 3.05) is 6.26 Å². The highest BCUT2D eigenvalue weighted by atomic mass is 32.2. The first-order valence-corrected chi connectivity index (χ1v) is 8.79. The van der Waals surface area contributed by atoms with Crippen LogP contribution in [0, 0.1) is 6.92 Å². The lowest BCUT2D eigenvalue weighted by Gasteiger charge is -2.06. The van der Waals surface area contributed by atoms with Crippen molar-refractivity contribution < 1.29 is 4.79 Å². The third-order valence-electron chi connectivity index (χ3n) is 3.61. The summed E-state index contributed by atoms with van der Waals surface area (Å²) in [5.74, 6) is 1.30. The molecule has 0 atom stereocenters. The van der Waals surface area contributed by atoms with Gasteiger partial charge in [0.05, 0.1) is 0 Å². The van der Waals surface area contributed by atoms with Crippen molar-refractivity contribution in [2.45, 2.75) is 18.4 Å². The fraction of sp³-hybridized carbons (Fsp3) is 0.167. The molecule has 0 radical (unpaired) electrons. The van der Waals surface area contributed by atoms with Gasteiger partial charge in [-0.25, -0.2) is 4.98 Å². The third-order valence-corrected chi connectivity index (χ3v) is 4.36. The lowest BCUT2D eigenvalue weighted by molar-refractivity contribution is 0.0951. The molecule has 1 amide bonds. The number of benzene rings is 2. The quantitative estimate of drug-likeness (QED) is 0.699. The molecule has 0 bridgehead atoms. The molecule has 0 aliphatic heterocycles. The molecule has 0 fully saturated rings. The summed E-state index contributed by atoms with van der Waals surface area (Å²) in [7, 11) is 0. The molecule has 0 aliphatic carbocycles. The second-order valence-electron chi connectivity index (χ2n) is 5.35. The molecule has 0 aliphatic rings. The van der Waals surface area contributed by atoms with Crippen LogP contribution in [0.5, 0.6) is 0 Å². The van der Waals surface area contributed by atoms with Crippen LogP contribution < -0.4 is 5.32 Å². The number of nitrogens with zero attached hydrogens (tertiary/aromatic N) is 2. The Hall–Kier alpha value is -2.60. The number of aryl methyl sites for hydroxylation is 1. The van der Waals surface area contributed by atoms with Crippen molar-refractivity contribution in [1.29, 1.82) is 0 Å². The van der Waals surface area contributed by atoms with Gasteiger partial charge in [0.25, 0.3) is 5.91 Å². The monoisotopic (exact) mass is 338 g/mol. The van der Waals surface area contributed by atoms with Gasteiger partial charge in [-0.05, 0) is 43.0 Å². The molecule has 2 N–H and O–H groups in total. The van der Waals surface area contributed by atoms with Gasteiger partial charge in [0.15, 0.2) is 5.82 Å². The van der Waals surface area contributed by atoms with Gasteiger partial charge in [0, 0.05) is 22.6 Å². The summed E-state index contributed by atoms with van der Waals surface area (Å²) in [5.41, 5.74) is 2.57. The summed E-state index contributed by atoms with van der Waals surface area (Å²) in [6, 6.07) is 15.4. The number of aromatic nitrogens is 3. The van der Waals surface area contributed by atoms with Gasteiger partial charge in [0.1, 0.15) is 5.82 Å². The summed E-state index contributed by atoms with van der Waals surface area (Å²) in [5, 5.41) is 9.85. The van der Waals surface area contributed by atoms with Crippen LogP contribution in [0.15, 0.2) is 53.4 Å². The van der Waals surface area contributed by atoms with Crippen molar-refractivity contribution in [2.24, 2.45) is 0 Å². The van der Waals surface area contributed by atoms with Crippen LogP contribution in [0.25, 0.3) is 11.4 Å². The molecule has 1 heterocycles. The highest BCUT2D eigenvalue weighted by molar-refractivity contribution is 7.98. The minimum absolute atomic E-state index is 0.0957. The van der Waals surface area contributed by atoms with E-state index in [4.69, 9.17) is 0 Å². The summed E-state index contributed by atoms with van der Waals surface area (Å²) < 4.78 is 0. The SMILES string of the molecule is CSc1ccc(CNC(=O)c2ccc(-c3n[nH]c(C)n3)cc2)cc1. The molecule has 122 valence electrons. The summed E-state index contributed by atoms with van der Waals surface area (Å²) in [6.45, 7) is 2.36. The average molecular weight is 338 g/mol. The van der Waals surface area contributed by atoms with Gasteiger partial charge in [-0.2, -0.15) is 5.10 Å². The number of thioether (sulfide) groups is 1. The smallest absolute Gasteiger partial charge is 0.251 e. The summed E-state index contributed by atoms with van der Waals surface area (Å²) in [6.07, 6.45) is 2.04. The number of carbonyl (C=O) groups is 1. The normalized spacial score (nSPS) is 10.6. The Kier molecular flexibility index (Phi) is 4.96. The third kappa shape index (κ3) is 3.83. The molecule has 24 heavy (non-hydrogen) atoms. The molecule has 5 nitrogen and oxygen atoms in total. The van der Waals surface area contributed by atoms with Crippen LogP contribution >= 0.6 is 11.8 Å². The van der Waals surface area contributed by atoms with Crippen molar-refractivity contribution >= 4 is 17.7 Å². The van der Waals surface area contributed by atoms with Crippen LogP contribution in [0.3, 0.4) is 0 Å². The van der Waals surface area contributed by atoms with E-state index in [1.54, 1.807) is 23.9 Å². The molecule has 2 aromatic carbocycles. The van der Waals surface area contributed by atoms with Crippen LogP contribution in [0.4, 0.5) is 0 Å². The van der Waals surface area contributed by atoms with Crippen molar-refractivity contribution in [1.82, 2.24) is 20.5 Å². The Labute approximate surface area is 144 Å². The number of carbonyl (C=O) groups excluding carboxylic acids is 1. The van der Waals surface area contributed by atoms with Gasteiger partial charge in [-0.1, -0.05) is 24.3 Å². The van der Waals surface area contributed by atoms with Gasteiger partial charge < -0.3 is 5.32 Å². The van der Waals surface area contributed by atoms with E-state index < -0.39 is 0 Å². The predicted molar refractivity (Wildman–Crippen MR) is 95.9 cm³/mol. The zero-order chi connectivity index (χ0) is 16.9. The van der Waals surface area contributed by atoms with Gasteiger partial charge >= 0.3 is 0 Å². The largest absolute Gasteiger partial charge is 0.348 e. The zero-order valence-corrected chi connectivity index (χ0v) is 14.4. The molecule has 0 saturated carbocycles. The zero-order valence-electron chi connectivity index (χ0n) is 13.5. The van der Waals surface area contributed by atoms with E-state index in [0.717, 1.165) is 17.0 Å². The number of rotatable bonds is 5. The fourth-order valence-electron chi connectivity index (χ4n) is 2.27. The summed E-state index contributed by atoms with van der Waals surface area (Å²) in [4.78, 5) is 17.7. The van der Waals surface area contributed by atoms with Gasteiger partial charge in [-0.15, -0.1) is 11.8 Å². The van der Waals surface area contributed by atoms with Gasteiger partial charge in [0.2, 0.25) is 0 Å². The molecule has 0 spiro atoms. The highest BCUT2D eigenvalue weighted by Gasteiger charge is 2.08. The highest BCUT2D eigenvalue weighted by Crippen LogP contribution is 2.16. The van der Waals surface area contributed by atoms with Crippen LogP contribution in [-0.4, -0.2) is 27.3 Å². The molecular weight excluding hydrogens is 320 g/mol. The Morgan fingerprint density at radius 3 is 2.42 bits per heavy atom. The first-order chi connectivity index (χ1) is 11.7. The van der Waals surface area contributed by atoms with Gasteiger partial charge in [-0.3, -0.25) is 9.89 Å². The lowest BCUT2D eigenvalue weighted by Crippen LogP contribution is -2.22. The molecule has 0 saturated heterocycles. The average Bonchev–Trinajstić information content (AvgIpc) is 3.06. The molecule has 0 unspecified atom stereocenters. The molecule has 3 aromatic rings. The first kappa shape index (κ1) is 16.3. The maximum Gasteiger partial charge on any atom is 0.251 e. The maximum absolute atomic E-state index is 12.2. The van der Waals surface area contributed by atoms with Crippen molar-refractivity contribution in [3.05, 3.63) is 65.5 Å². The Bertz CT molecular complexity index is 825. The topological polar surface area (TPSA) is 70.7 Å². The van der Waals surface area contributed by atoms with E-state index in [1.165, 1.54) is 4.90 Å². The Morgan fingerprint density at radius 1 is 1.12 bits per heavy atom. The second-order valence-corrected chi connectivity index (χ2v) is 6.23. The lowest BCUT2D eigenvalue weighted by atomic mass is 10.1. The van der Waals surface area contributed by atoms with E-state index in [1.807, 2.05) is 37.4 Å². The molecule has 1 aromatic heterocycles. The Morgan fingerprint density at radius 2 is 1.83 bits per heavy atom.